The van der Waals surface area contributed by atoms with Gasteiger partial charge in [0.15, 0.2) is 6.61 Å². The summed E-state index contributed by atoms with van der Waals surface area (Å²) in [5.74, 6) is -0.635. The lowest BCUT2D eigenvalue weighted by molar-refractivity contribution is -0.384. The molecular formula is C20H27N3O5. The highest BCUT2D eigenvalue weighted by molar-refractivity contribution is 5.97. The molecule has 1 aliphatic carbocycles. The van der Waals surface area contributed by atoms with Gasteiger partial charge < -0.3 is 15.0 Å². The maximum absolute atomic E-state index is 12.6. The Morgan fingerprint density at radius 3 is 2.61 bits per heavy atom. The first-order valence-corrected chi connectivity index (χ1v) is 9.95. The van der Waals surface area contributed by atoms with Crippen LogP contribution in [-0.4, -0.2) is 42.5 Å². The standard InChI is InChI=1S/C20H27N3O5/c1-14-6-2-3-7-17(14)21-19(24)13-28-20(25)16-12-15(23(26)27)8-9-18(16)22-10-4-5-11-22/h8-9,12,14,17H,2-7,10-11,13H2,1H3,(H,21,24)/t14-,17-/m0/s1. The van der Waals surface area contributed by atoms with Gasteiger partial charge in [-0.15, -0.1) is 0 Å². The Labute approximate surface area is 164 Å². The van der Waals surface area contributed by atoms with Crippen LogP contribution < -0.4 is 10.2 Å². The molecule has 1 saturated carbocycles. The number of nitro benzene ring substituents is 1. The Kier molecular flexibility index (Phi) is 6.49. The second-order valence-corrected chi connectivity index (χ2v) is 7.66. The fraction of sp³-hybridized carbons (Fsp3) is 0.600. The van der Waals surface area contributed by atoms with E-state index in [1.165, 1.54) is 18.6 Å². The number of rotatable bonds is 6. The second kappa shape index (κ2) is 9.03. The third-order valence-electron chi connectivity index (χ3n) is 5.65. The fourth-order valence-corrected chi connectivity index (χ4v) is 4.02. The van der Waals surface area contributed by atoms with Gasteiger partial charge in [0.1, 0.15) is 0 Å². The number of benzene rings is 1. The number of ether oxygens (including phenoxy) is 1. The molecule has 8 heteroatoms. The number of anilines is 1. The highest BCUT2D eigenvalue weighted by Crippen LogP contribution is 2.29. The maximum atomic E-state index is 12.6. The summed E-state index contributed by atoms with van der Waals surface area (Å²) in [6, 6.07) is 4.32. The number of nitrogens with one attached hydrogen (secondary N) is 1. The van der Waals surface area contributed by atoms with Gasteiger partial charge >= 0.3 is 5.97 Å². The summed E-state index contributed by atoms with van der Waals surface area (Å²) in [5, 5.41) is 14.0. The number of carbonyl (C=O) groups excluding carboxylic acids is 2. The predicted molar refractivity (Wildman–Crippen MR) is 104 cm³/mol. The molecule has 1 N–H and O–H groups in total. The predicted octanol–water partition coefficient (Wildman–Crippen LogP) is 3.05. The maximum Gasteiger partial charge on any atom is 0.341 e. The average molecular weight is 389 g/mol. The van der Waals surface area contributed by atoms with Gasteiger partial charge in [-0.05, 0) is 37.7 Å². The van der Waals surface area contributed by atoms with E-state index >= 15 is 0 Å². The molecule has 0 aromatic heterocycles. The first-order valence-electron chi connectivity index (χ1n) is 9.95. The lowest BCUT2D eigenvalue weighted by Gasteiger charge is -2.29. The third kappa shape index (κ3) is 4.79. The Morgan fingerprint density at radius 2 is 1.93 bits per heavy atom. The molecule has 0 unspecified atom stereocenters. The zero-order chi connectivity index (χ0) is 20.1. The Balaban J connectivity index is 1.66. The van der Waals surface area contributed by atoms with Gasteiger partial charge in [-0.2, -0.15) is 0 Å². The molecule has 0 radical (unpaired) electrons. The van der Waals surface area contributed by atoms with Crippen molar-refractivity contribution in [2.75, 3.05) is 24.6 Å². The van der Waals surface area contributed by atoms with E-state index in [9.17, 15) is 19.7 Å². The number of nitrogens with zero attached hydrogens (tertiary/aromatic N) is 2. The SMILES string of the molecule is C[C@H]1CCCC[C@@H]1NC(=O)COC(=O)c1cc([N+](=O)[O-])ccc1N1CCCC1. The lowest BCUT2D eigenvalue weighted by atomic mass is 9.86. The van der Waals surface area contributed by atoms with Gasteiger partial charge in [0.05, 0.1) is 16.2 Å². The summed E-state index contributed by atoms with van der Waals surface area (Å²) >= 11 is 0. The molecule has 2 aliphatic rings. The number of non-ortho nitro benzene ring substituents is 1. The van der Waals surface area contributed by atoms with E-state index in [-0.39, 0.29) is 29.8 Å². The van der Waals surface area contributed by atoms with E-state index in [1.54, 1.807) is 6.07 Å². The van der Waals surface area contributed by atoms with Gasteiger partial charge in [0, 0.05) is 31.3 Å². The van der Waals surface area contributed by atoms with Crippen molar-refractivity contribution in [3.63, 3.8) is 0 Å². The van der Waals surface area contributed by atoms with Crippen molar-refractivity contribution in [3.05, 3.63) is 33.9 Å². The van der Waals surface area contributed by atoms with Gasteiger partial charge in [-0.1, -0.05) is 19.8 Å². The minimum atomic E-state index is -0.711. The van der Waals surface area contributed by atoms with Crippen molar-refractivity contribution < 1.29 is 19.2 Å². The van der Waals surface area contributed by atoms with Crippen LogP contribution in [0.15, 0.2) is 18.2 Å². The molecular weight excluding hydrogens is 362 g/mol. The van der Waals surface area contributed by atoms with Crippen LogP contribution in [0.2, 0.25) is 0 Å². The first-order chi connectivity index (χ1) is 13.5. The van der Waals surface area contributed by atoms with E-state index in [1.807, 2.05) is 4.90 Å². The Hall–Kier alpha value is -2.64. The molecule has 1 amide bonds. The Bertz CT molecular complexity index is 745. The van der Waals surface area contributed by atoms with Crippen LogP contribution in [0.1, 0.15) is 55.8 Å². The quantitative estimate of drug-likeness (QED) is 0.456. The molecule has 1 heterocycles. The molecule has 2 fully saturated rings. The van der Waals surface area contributed by atoms with Crippen LogP contribution in [0.4, 0.5) is 11.4 Å². The Morgan fingerprint density at radius 1 is 1.21 bits per heavy atom. The highest BCUT2D eigenvalue weighted by atomic mass is 16.6. The van der Waals surface area contributed by atoms with E-state index in [0.717, 1.165) is 45.2 Å². The monoisotopic (exact) mass is 389 g/mol. The summed E-state index contributed by atoms with van der Waals surface area (Å²) in [5.41, 5.74) is 0.583. The molecule has 28 heavy (non-hydrogen) atoms. The summed E-state index contributed by atoms with van der Waals surface area (Å²) in [7, 11) is 0. The summed E-state index contributed by atoms with van der Waals surface area (Å²) in [4.78, 5) is 37.4. The van der Waals surface area contributed by atoms with Gasteiger partial charge in [0.2, 0.25) is 0 Å². The first kappa shape index (κ1) is 20.1. The molecule has 1 aromatic rings. The van der Waals surface area contributed by atoms with Crippen LogP contribution >= 0.6 is 0 Å². The van der Waals surface area contributed by atoms with Crippen LogP contribution in [0, 0.1) is 16.0 Å². The second-order valence-electron chi connectivity index (χ2n) is 7.66. The number of esters is 1. The molecule has 152 valence electrons. The van der Waals surface area contributed by atoms with Crippen LogP contribution in [0.5, 0.6) is 0 Å². The third-order valence-corrected chi connectivity index (χ3v) is 5.65. The van der Waals surface area contributed by atoms with E-state index in [4.69, 9.17) is 4.74 Å². The van der Waals surface area contributed by atoms with Gasteiger partial charge in [-0.25, -0.2) is 4.79 Å². The van der Waals surface area contributed by atoms with Gasteiger partial charge in [0.25, 0.3) is 11.6 Å². The van der Waals surface area contributed by atoms with Crippen molar-refractivity contribution in [1.82, 2.24) is 5.32 Å². The van der Waals surface area contributed by atoms with E-state index < -0.39 is 10.9 Å². The van der Waals surface area contributed by atoms with E-state index in [2.05, 4.69) is 12.2 Å². The molecule has 1 aliphatic heterocycles. The molecule has 3 rings (SSSR count). The summed E-state index contributed by atoms with van der Waals surface area (Å²) in [6.45, 7) is 3.31. The van der Waals surface area contributed by atoms with Crippen LogP contribution in [0.3, 0.4) is 0 Å². The minimum absolute atomic E-state index is 0.109. The molecule has 0 bridgehead atoms. The largest absolute Gasteiger partial charge is 0.452 e. The number of amides is 1. The zero-order valence-corrected chi connectivity index (χ0v) is 16.2. The molecule has 1 saturated heterocycles. The van der Waals surface area contributed by atoms with Crippen LogP contribution in [0.25, 0.3) is 0 Å². The number of hydrogen-bond donors (Lipinski definition) is 1. The molecule has 8 nitrogen and oxygen atoms in total. The smallest absolute Gasteiger partial charge is 0.341 e. The van der Waals surface area contributed by atoms with Gasteiger partial charge in [-0.3, -0.25) is 14.9 Å². The summed E-state index contributed by atoms with van der Waals surface area (Å²) < 4.78 is 5.20. The van der Waals surface area contributed by atoms with Crippen molar-refractivity contribution in [3.8, 4) is 0 Å². The van der Waals surface area contributed by atoms with Crippen molar-refractivity contribution in [2.45, 2.75) is 51.5 Å². The molecule has 2 atom stereocenters. The van der Waals surface area contributed by atoms with E-state index in [0.29, 0.717) is 11.6 Å². The lowest BCUT2D eigenvalue weighted by Crippen LogP contribution is -2.42. The number of hydrogen-bond acceptors (Lipinski definition) is 6. The normalized spacial score (nSPS) is 22.0. The van der Waals surface area contributed by atoms with Crippen molar-refractivity contribution in [2.24, 2.45) is 5.92 Å². The fourth-order valence-electron chi connectivity index (χ4n) is 4.02. The average Bonchev–Trinajstić information content (AvgIpc) is 3.22. The number of carbonyl (C=O) groups is 2. The van der Waals surface area contributed by atoms with Crippen LogP contribution in [-0.2, 0) is 9.53 Å². The molecule has 0 spiro atoms. The van der Waals surface area contributed by atoms with Crippen molar-refractivity contribution >= 4 is 23.3 Å². The summed E-state index contributed by atoms with van der Waals surface area (Å²) in [6.07, 6.45) is 6.29. The zero-order valence-electron chi connectivity index (χ0n) is 16.2. The van der Waals surface area contributed by atoms with Crippen molar-refractivity contribution in [1.29, 1.82) is 0 Å². The number of nitro groups is 1. The topological polar surface area (TPSA) is 102 Å². The highest BCUT2D eigenvalue weighted by Gasteiger charge is 2.26. The minimum Gasteiger partial charge on any atom is -0.452 e. The molecule has 1 aromatic carbocycles.